The lowest BCUT2D eigenvalue weighted by molar-refractivity contribution is 0.0439. The summed E-state index contributed by atoms with van der Waals surface area (Å²) in [5, 5.41) is 4.05. The van der Waals surface area contributed by atoms with Gasteiger partial charge in [-0.1, -0.05) is 6.58 Å². The maximum absolute atomic E-state index is 13.3. The van der Waals surface area contributed by atoms with Crippen LogP contribution in [0, 0.1) is 11.8 Å². The highest BCUT2D eigenvalue weighted by atomic mass is 16.6. The summed E-state index contributed by atoms with van der Waals surface area (Å²) in [5.74, 6) is 1.81. The van der Waals surface area contributed by atoms with E-state index in [-0.39, 0.29) is 11.9 Å². The number of carbonyl (C=O) groups excluding carboxylic acids is 2. The third-order valence-corrected chi connectivity index (χ3v) is 7.90. The summed E-state index contributed by atoms with van der Waals surface area (Å²) >= 11 is 0. The molecule has 1 N–H and O–H groups in total. The molecule has 3 aliphatic rings. The van der Waals surface area contributed by atoms with Crippen LogP contribution in [0.5, 0.6) is 0 Å². The molecule has 182 valence electrons. The topological polar surface area (TPSA) is 72.8 Å². The molecule has 1 aromatic carbocycles. The fraction of sp³-hybridized carbons (Fsp3) is 0.556. The van der Waals surface area contributed by atoms with Crippen LogP contribution in [0.3, 0.4) is 0 Å². The second-order valence-corrected chi connectivity index (χ2v) is 10.1. The minimum atomic E-state index is -0.511. The van der Waals surface area contributed by atoms with Gasteiger partial charge in [0.2, 0.25) is 0 Å². The summed E-state index contributed by atoms with van der Waals surface area (Å²) in [6, 6.07) is 6.03. The van der Waals surface area contributed by atoms with Gasteiger partial charge >= 0.3 is 6.09 Å². The Morgan fingerprint density at radius 1 is 1.15 bits per heavy atom. The molecule has 1 aromatic heterocycles. The van der Waals surface area contributed by atoms with Crippen LogP contribution in [0.1, 0.15) is 54.2 Å². The second-order valence-electron chi connectivity index (χ2n) is 10.1. The average molecular weight is 466 g/mol. The van der Waals surface area contributed by atoms with Gasteiger partial charge in [-0.25, -0.2) is 4.79 Å². The van der Waals surface area contributed by atoms with Crippen molar-refractivity contribution in [3.63, 3.8) is 0 Å². The largest absolute Gasteiger partial charge is 0.416 e. The first kappa shape index (κ1) is 23.0. The highest BCUT2D eigenvalue weighted by Crippen LogP contribution is 2.39. The smallest absolute Gasteiger partial charge is 0.412 e. The van der Waals surface area contributed by atoms with Gasteiger partial charge in [-0.15, -0.1) is 0 Å². The molecule has 7 heteroatoms. The number of benzene rings is 1. The van der Waals surface area contributed by atoms with Gasteiger partial charge in [-0.3, -0.25) is 4.79 Å². The van der Waals surface area contributed by atoms with Gasteiger partial charge in [0.25, 0.3) is 5.91 Å². The van der Waals surface area contributed by atoms with Gasteiger partial charge in [-0.2, -0.15) is 0 Å². The SMILES string of the molecule is C=C(C)OC(=O)N[C@H]1CCN(C(=O)c2ccc3c(c2)c2c(n3C)CCC(C3CCOCC3)C2)C1. The molecule has 7 nitrogen and oxygen atoms in total. The van der Waals surface area contributed by atoms with Crippen molar-refractivity contribution in [1.29, 1.82) is 0 Å². The number of alkyl carbamates (subject to hydrolysis) is 1. The maximum Gasteiger partial charge on any atom is 0.412 e. The molecule has 2 fully saturated rings. The Morgan fingerprint density at radius 3 is 2.71 bits per heavy atom. The van der Waals surface area contributed by atoms with Crippen LogP contribution in [-0.4, -0.2) is 53.8 Å². The van der Waals surface area contributed by atoms with Crippen molar-refractivity contribution in [2.45, 2.75) is 51.5 Å². The second kappa shape index (κ2) is 9.45. The Morgan fingerprint density at radius 2 is 1.94 bits per heavy atom. The van der Waals surface area contributed by atoms with E-state index in [0.29, 0.717) is 31.2 Å². The lowest BCUT2D eigenvalue weighted by Gasteiger charge is -2.33. The number of nitrogens with zero attached hydrogens (tertiary/aromatic N) is 2. The van der Waals surface area contributed by atoms with Crippen molar-refractivity contribution in [2.24, 2.45) is 18.9 Å². The van der Waals surface area contributed by atoms with Crippen molar-refractivity contribution in [2.75, 3.05) is 26.3 Å². The van der Waals surface area contributed by atoms with E-state index in [1.807, 2.05) is 11.0 Å². The van der Waals surface area contributed by atoms with Gasteiger partial charge in [0.05, 0.1) is 11.8 Å². The minimum absolute atomic E-state index is 0.0221. The number of fused-ring (bicyclic) bond motifs is 3. The summed E-state index contributed by atoms with van der Waals surface area (Å²) in [6.45, 7) is 8.10. The molecule has 2 saturated heterocycles. The van der Waals surface area contributed by atoms with Crippen LogP contribution in [0.4, 0.5) is 4.79 Å². The van der Waals surface area contributed by atoms with Crippen LogP contribution >= 0.6 is 0 Å². The molecule has 3 heterocycles. The molecule has 5 rings (SSSR count). The number of likely N-dealkylation sites (tertiary alicyclic amines) is 1. The van der Waals surface area contributed by atoms with E-state index in [0.717, 1.165) is 37.5 Å². The van der Waals surface area contributed by atoms with Crippen LogP contribution in [-0.2, 0) is 29.4 Å². The summed E-state index contributed by atoms with van der Waals surface area (Å²) < 4.78 is 12.9. The van der Waals surface area contributed by atoms with Crippen molar-refractivity contribution in [3.8, 4) is 0 Å². The first-order chi connectivity index (χ1) is 16.4. The zero-order chi connectivity index (χ0) is 23.8. The Bertz CT molecular complexity index is 1110. The summed E-state index contributed by atoms with van der Waals surface area (Å²) in [4.78, 5) is 27.0. The number of amides is 2. The zero-order valence-electron chi connectivity index (χ0n) is 20.3. The standard InChI is InChI=1S/C27H35N3O4/c1-17(2)34-27(32)28-21-8-11-30(16-21)26(31)20-5-7-25-23(15-20)22-14-19(4-6-24(22)29(25)3)18-9-12-33-13-10-18/h5,7,15,18-19,21H,1,4,6,8-14,16H2,2-3H3,(H,28,32)/t19?,21-/m0/s1. The van der Waals surface area contributed by atoms with Gasteiger partial charge in [0.1, 0.15) is 0 Å². The molecule has 34 heavy (non-hydrogen) atoms. The van der Waals surface area contributed by atoms with Gasteiger partial charge in [0.15, 0.2) is 0 Å². The maximum atomic E-state index is 13.3. The number of ether oxygens (including phenoxy) is 2. The zero-order valence-corrected chi connectivity index (χ0v) is 20.3. The van der Waals surface area contributed by atoms with Crippen LogP contribution in [0.2, 0.25) is 0 Å². The van der Waals surface area contributed by atoms with Gasteiger partial charge in [0, 0.05) is 55.5 Å². The molecule has 2 aliphatic heterocycles. The van der Waals surface area contributed by atoms with Crippen LogP contribution in [0.15, 0.2) is 30.5 Å². The number of rotatable bonds is 4. The molecule has 2 amide bonds. The number of nitrogens with one attached hydrogen (secondary N) is 1. The lowest BCUT2D eigenvalue weighted by Crippen LogP contribution is -2.38. The fourth-order valence-corrected chi connectivity index (χ4v) is 6.13. The molecular formula is C27H35N3O4. The van der Waals surface area contributed by atoms with E-state index in [9.17, 15) is 9.59 Å². The van der Waals surface area contributed by atoms with Gasteiger partial charge in [-0.05, 0) is 81.0 Å². The third kappa shape index (κ3) is 4.45. The lowest BCUT2D eigenvalue weighted by atomic mass is 9.75. The molecular weight excluding hydrogens is 430 g/mol. The molecule has 0 saturated carbocycles. The van der Waals surface area contributed by atoms with Crippen LogP contribution < -0.4 is 5.32 Å². The van der Waals surface area contributed by atoms with Gasteiger partial charge < -0.3 is 24.3 Å². The number of hydrogen-bond acceptors (Lipinski definition) is 4. The van der Waals surface area contributed by atoms with E-state index in [2.05, 4.69) is 35.6 Å². The molecule has 0 radical (unpaired) electrons. The molecule has 0 spiro atoms. The predicted molar refractivity (Wildman–Crippen MR) is 131 cm³/mol. The number of aryl methyl sites for hydroxylation is 1. The number of carbonyl (C=O) groups is 2. The average Bonchev–Trinajstić information content (AvgIpc) is 3.41. The Hall–Kier alpha value is -2.80. The molecule has 1 aliphatic carbocycles. The summed E-state index contributed by atoms with van der Waals surface area (Å²) in [7, 11) is 2.15. The first-order valence-electron chi connectivity index (χ1n) is 12.5. The first-order valence-corrected chi connectivity index (χ1v) is 12.5. The monoisotopic (exact) mass is 465 g/mol. The molecule has 0 bridgehead atoms. The number of hydrogen-bond donors (Lipinski definition) is 1. The Labute approximate surface area is 201 Å². The van der Waals surface area contributed by atoms with E-state index in [4.69, 9.17) is 9.47 Å². The number of aromatic nitrogens is 1. The highest BCUT2D eigenvalue weighted by Gasteiger charge is 2.32. The molecule has 2 atom stereocenters. The van der Waals surface area contributed by atoms with Crippen molar-refractivity contribution in [3.05, 3.63) is 47.4 Å². The van der Waals surface area contributed by atoms with Crippen molar-refractivity contribution in [1.82, 2.24) is 14.8 Å². The van der Waals surface area contributed by atoms with Crippen LogP contribution in [0.25, 0.3) is 10.9 Å². The third-order valence-electron chi connectivity index (χ3n) is 7.90. The fourth-order valence-electron chi connectivity index (χ4n) is 6.13. The summed E-state index contributed by atoms with van der Waals surface area (Å²) in [5.41, 5.74) is 4.78. The minimum Gasteiger partial charge on any atom is -0.416 e. The Kier molecular flexibility index (Phi) is 6.38. The van der Waals surface area contributed by atoms with E-state index in [1.54, 1.807) is 6.92 Å². The Balaban J connectivity index is 1.33. The number of allylic oxidation sites excluding steroid dienone is 1. The molecule has 2 aromatic rings. The molecule has 1 unspecified atom stereocenters. The van der Waals surface area contributed by atoms with E-state index >= 15 is 0 Å². The quantitative estimate of drug-likeness (QED) is 0.688. The van der Waals surface area contributed by atoms with Crippen molar-refractivity contribution >= 4 is 22.9 Å². The van der Waals surface area contributed by atoms with E-state index < -0.39 is 6.09 Å². The predicted octanol–water partition coefficient (Wildman–Crippen LogP) is 4.18. The van der Waals surface area contributed by atoms with Crippen molar-refractivity contribution < 1.29 is 19.1 Å². The normalized spacial score (nSPS) is 23.1. The van der Waals surface area contributed by atoms with E-state index in [1.165, 1.54) is 41.4 Å². The highest BCUT2D eigenvalue weighted by molar-refractivity contribution is 5.99. The summed E-state index contributed by atoms with van der Waals surface area (Å²) in [6.07, 6.45) is 5.97.